The zero-order valence-corrected chi connectivity index (χ0v) is 18.0. The molecule has 8 heteroatoms. The number of hydrogen-bond donors (Lipinski definition) is 1. The number of methoxy groups -OCH3 is 1. The molecule has 1 fully saturated rings. The number of benzene rings is 1. The molecule has 7 nitrogen and oxygen atoms in total. The number of aryl methyl sites for hydroxylation is 2. The van der Waals surface area contributed by atoms with Gasteiger partial charge in [-0.2, -0.15) is 5.10 Å². The number of piperidine rings is 1. The van der Waals surface area contributed by atoms with Crippen LogP contribution in [0.4, 0.5) is 5.13 Å². The van der Waals surface area contributed by atoms with Crippen LogP contribution in [0.2, 0.25) is 0 Å². The van der Waals surface area contributed by atoms with Crippen LogP contribution >= 0.6 is 11.3 Å². The van der Waals surface area contributed by atoms with Crippen molar-refractivity contribution < 1.29 is 9.53 Å². The fourth-order valence-corrected chi connectivity index (χ4v) is 4.88. The number of rotatable bonds is 6. The number of carbonyl (C=O) groups excluding carboxylic acids is 1. The van der Waals surface area contributed by atoms with Crippen LogP contribution in [-0.4, -0.2) is 47.4 Å². The van der Waals surface area contributed by atoms with Gasteiger partial charge in [0.15, 0.2) is 5.13 Å². The minimum Gasteiger partial charge on any atom is -0.497 e. The summed E-state index contributed by atoms with van der Waals surface area (Å²) in [7, 11) is 1.67. The Balaban J connectivity index is 1.36. The summed E-state index contributed by atoms with van der Waals surface area (Å²) in [5, 5.41) is 8.52. The van der Waals surface area contributed by atoms with E-state index < -0.39 is 0 Å². The lowest BCUT2D eigenvalue weighted by atomic mass is 9.97. The Kier molecular flexibility index (Phi) is 5.71. The van der Waals surface area contributed by atoms with E-state index in [0.29, 0.717) is 19.6 Å². The quantitative estimate of drug-likeness (QED) is 0.672. The molecule has 0 bridgehead atoms. The maximum absolute atomic E-state index is 12.7. The van der Waals surface area contributed by atoms with Crippen molar-refractivity contribution in [1.29, 1.82) is 0 Å². The summed E-state index contributed by atoms with van der Waals surface area (Å²) >= 11 is 1.66. The molecule has 0 radical (unpaired) electrons. The maximum atomic E-state index is 12.7. The van der Waals surface area contributed by atoms with Gasteiger partial charge >= 0.3 is 0 Å². The average Bonchev–Trinajstić information content (AvgIpc) is 3.29. The second-order valence-electron chi connectivity index (χ2n) is 7.56. The van der Waals surface area contributed by atoms with Gasteiger partial charge in [-0.1, -0.05) is 11.3 Å². The summed E-state index contributed by atoms with van der Waals surface area (Å²) in [6.07, 6.45) is 1.91. The van der Waals surface area contributed by atoms with Crippen molar-refractivity contribution in [3.8, 4) is 5.75 Å². The summed E-state index contributed by atoms with van der Waals surface area (Å²) in [5.74, 6) is 0.955. The smallest absolute Gasteiger partial charge is 0.224 e. The molecule has 1 saturated heterocycles. The summed E-state index contributed by atoms with van der Waals surface area (Å²) in [6, 6.07) is 7.99. The molecule has 1 aromatic carbocycles. The highest BCUT2D eigenvalue weighted by Crippen LogP contribution is 2.33. The van der Waals surface area contributed by atoms with E-state index >= 15 is 0 Å². The number of anilines is 1. The third-order valence-corrected chi connectivity index (χ3v) is 6.45. The molecule has 1 aliphatic heterocycles. The van der Waals surface area contributed by atoms with E-state index in [2.05, 4.69) is 21.4 Å². The van der Waals surface area contributed by atoms with Gasteiger partial charge in [0.1, 0.15) is 5.75 Å². The van der Waals surface area contributed by atoms with Gasteiger partial charge < -0.3 is 15.0 Å². The number of nitrogens with zero attached hydrogens (tertiary/aromatic N) is 4. The number of nitrogens with one attached hydrogen (secondary N) is 1. The molecule has 3 aromatic rings. The van der Waals surface area contributed by atoms with Crippen LogP contribution in [0.5, 0.6) is 5.75 Å². The van der Waals surface area contributed by atoms with Gasteiger partial charge in [0, 0.05) is 25.3 Å². The third kappa shape index (κ3) is 4.37. The van der Waals surface area contributed by atoms with Gasteiger partial charge in [0.05, 0.1) is 35.5 Å². The molecule has 0 aliphatic carbocycles. The number of fused-ring (bicyclic) bond motifs is 1. The largest absolute Gasteiger partial charge is 0.497 e. The van der Waals surface area contributed by atoms with E-state index in [-0.39, 0.29) is 11.8 Å². The van der Waals surface area contributed by atoms with Crippen molar-refractivity contribution in [3.63, 3.8) is 0 Å². The summed E-state index contributed by atoms with van der Waals surface area (Å²) in [4.78, 5) is 19.7. The van der Waals surface area contributed by atoms with Gasteiger partial charge in [0.2, 0.25) is 5.91 Å². The first-order chi connectivity index (χ1) is 14.0. The predicted molar refractivity (Wildman–Crippen MR) is 116 cm³/mol. The Bertz CT molecular complexity index is 1010. The molecular formula is C21H27N5O2S. The maximum Gasteiger partial charge on any atom is 0.224 e. The lowest BCUT2D eigenvalue weighted by molar-refractivity contribution is -0.125. The highest BCUT2D eigenvalue weighted by atomic mass is 32.1. The van der Waals surface area contributed by atoms with Gasteiger partial charge in [-0.25, -0.2) is 4.98 Å². The van der Waals surface area contributed by atoms with Gasteiger partial charge in [0.25, 0.3) is 0 Å². The van der Waals surface area contributed by atoms with E-state index in [4.69, 9.17) is 9.72 Å². The minimum absolute atomic E-state index is 0.00856. The average molecular weight is 414 g/mol. The molecule has 1 N–H and O–H groups in total. The molecule has 1 amide bonds. The number of hydrogen-bond acceptors (Lipinski definition) is 6. The van der Waals surface area contributed by atoms with Crippen LogP contribution in [0.15, 0.2) is 24.3 Å². The molecule has 1 aliphatic rings. The van der Waals surface area contributed by atoms with Gasteiger partial charge in [-0.05, 0) is 51.0 Å². The number of carbonyl (C=O) groups is 1. The third-order valence-electron chi connectivity index (χ3n) is 5.37. The molecule has 1 atom stereocenters. The number of amides is 1. The van der Waals surface area contributed by atoms with Crippen molar-refractivity contribution in [2.45, 2.75) is 33.2 Å². The first-order valence-corrected chi connectivity index (χ1v) is 10.8. The SMILES string of the molecule is COc1ccc2nc(N3CCCC(C(=O)NCCn4nc(C)cc4C)C3)sc2c1. The molecule has 3 heterocycles. The zero-order valence-electron chi connectivity index (χ0n) is 17.1. The van der Waals surface area contributed by atoms with E-state index in [1.165, 1.54) is 0 Å². The Morgan fingerprint density at radius 3 is 2.97 bits per heavy atom. The van der Waals surface area contributed by atoms with E-state index in [1.54, 1.807) is 18.4 Å². The molecule has 154 valence electrons. The van der Waals surface area contributed by atoms with E-state index in [9.17, 15) is 4.79 Å². The van der Waals surface area contributed by atoms with Gasteiger partial charge in [-0.3, -0.25) is 9.48 Å². The highest BCUT2D eigenvalue weighted by molar-refractivity contribution is 7.22. The van der Waals surface area contributed by atoms with Crippen LogP contribution in [0.3, 0.4) is 0 Å². The van der Waals surface area contributed by atoms with Crippen LogP contribution in [0, 0.1) is 19.8 Å². The normalized spacial score (nSPS) is 16.9. The monoisotopic (exact) mass is 413 g/mol. The van der Waals surface area contributed by atoms with Crippen LogP contribution in [0.25, 0.3) is 10.2 Å². The fourth-order valence-electron chi connectivity index (χ4n) is 3.85. The Hall–Kier alpha value is -2.61. The highest BCUT2D eigenvalue weighted by Gasteiger charge is 2.27. The Morgan fingerprint density at radius 1 is 1.34 bits per heavy atom. The number of ether oxygens (including phenoxy) is 1. The lowest BCUT2D eigenvalue weighted by Crippen LogP contribution is -2.43. The molecule has 2 aromatic heterocycles. The topological polar surface area (TPSA) is 72.3 Å². The molecule has 29 heavy (non-hydrogen) atoms. The van der Waals surface area contributed by atoms with Gasteiger partial charge in [-0.15, -0.1) is 0 Å². The summed E-state index contributed by atoms with van der Waals surface area (Å²) in [6.45, 7) is 6.96. The van der Waals surface area contributed by atoms with E-state index in [1.807, 2.05) is 36.7 Å². The van der Waals surface area contributed by atoms with Crippen molar-refractivity contribution >= 4 is 32.6 Å². The van der Waals surface area contributed by atoms with Crippen molar-refractivity contribution in [1.82, 2.24) is 20.1 Å². The second-order valence-corrected chi connectivity index (χ2v) is 8.57. The zero-order chi connectivity index (χ0) is 20.4. The first-order valence-electron chi connectivity index (χ1n) is 10.0. The van der Waals surface area contributed by atoms with Crippen molar-refractivity contribution in [2.75, 3.05) is 31.6 Å². The summed E-state index contributed by atoms with van der Waals surface area (Å²) < 4.78 is 8.36. The standard InChI is InChI=1S/C21H27N5O2S/c1-14-11-15(2)26(24-14)10-8-22-20(27)16-5-4-9-25(13-16)21-23-18-7-6-17(28-3)12-19(18)29-21/h6-7,11-12,16H,4-5,8-10,13H2,1-3H3,(H,22,27). The Morgan fingerprint density at radius 2 is 2.21 bits per heavy atom. The molecule has 0 spiro atoms. The molecular weight excluding hydrogens is 386 g/mol. The molecule has 1 unspecified atom stereocenters. The Labute approximate surface area is 174 Å². The first kappa shape index (κ1) is 19.7. The van der Waals surface area contributed by atoms with Crippen LogP contribution in [-0.2, 0) is 11.3 Å². The predicted octanol–water partition coefficient (Wildman–Crippen LogP) is 3.15. The second kappa shape index (κ2) is 8.41. The van der Waals surface area contributed by atoms with Crippen molar-refractivity contribution in [2.24, 2.45) is 5.92 Å². The van der Waals surface area contributed by atoms with Crippen LogP contribution in [0.1, 0.15) is 24.2 Å². The summed E-state index contributed by atoms with van der Waals surface area (Å²) in [5.41, 5.74) is 3.10. The lowest BCUT2D eigenvalue weighted by Gasteiger charge is -2.31. The fraction of sp³-hybridized carbons (Fsp3) is 0.476. The number of thiazole rings is 1. The minimum atomic E-state index is -0.00856. The molecule has 0 saturated carbocycles. The molecule has 4 rings (SSSR count). The van der Waals surface area contributed by atoms with Crippen LogP contribution < -0.4 is 15.0 Å². The number of aromatic nitrogens is 3. The van der Waals surface area contributed by atoms with Crippen molar-refractivity contribution in [3.05, 3.63) is 35.7 Å². The van der Waals surface area contributed by atoms with E-state index in [0.717, 1.165) is 51.9 Å².